The molecular formula is C26H32Cl3N3O4S. The zero-order valence-electron chi connectivity index (χ0n) is 21.1. The van der Waals surface area contributed by atoms with E-state index in [9.17, 15) is 18.0 Å². The molecule has 0 aliphatic heterocycles. The van der Waals surface area contributed by atoms with E-state index < -0.39 is 28.5 Å². The first-order valence-electron chi connectivity index (χ1n) is 12.2. The van der Waals surface area contributed by atoms with E-state index in [2.05, 4.69) is 5.32 Å². The molecule has 0 spiro atoms. The number of hydrogen-bond acceptors (Lipinski definition) is 4. The van der Waals surface area contributed by atoms with Crippen LogP contribution in [-0.2, 0) is 26.2 Å². The Morgan fingerprint density at radius 3 is 2.30 bits per heavy atom. The standard InChI is InChI=1S/C26H32Cl3N3O4S/c1-4-23(26(34)30-20-7-5-6-8-20)31(15-18-9-11-21(28)22(29)14-18)25(33)16-32(37(3,35)36)24-12-10-19(27)13-17(24)2/h9-14,20,23H,4-8,15-16H2,1-3H3,(H,30,34)/t23-/m0/s1. The van der Waals surface area contributed by atoms with Gasteiger partial charge >= 0.3 is 0 Å². The highest BCUT2D eigenvalue weighted by Gasteiger charge is 2.33. The number of nitrogens with zero attached hydrogens (tertiary/aromatic N) is 2. The Morgan fingerprint density at radius 2 is 1.73 bits per heavy atom. The van der Waals surface area contributed by atoms with Crippen LogP contribution in [0.5, 0.6) is 0 Å². The van der Waals surface area contributed by atoms with Crippen LogP contribution in [0.3, 0.4) is 0 Å². The van der Waals surface area contributed by atoms with Crippen LogP contribution in [-0.4, -0.2) is 50.0 Å². The number of anilines is 1. The number of amides is 2. The summed E-state index contributed by atoms with van der Waals surface area (Å²) in [7, 11) is -3.83. The summed E-state index contributed by atoms with van der Waals surface area (Å²) in [6, 6.07) is 9.06. The summed E-state index contributed by atoms with van der Waals surface area (Å²) in [6.07, 6.45) is 5.31. The molecule has 0 aromatic heterocycles. The zero-order chi connectivity index (χ0) is 27.3. The summed E-state index contributed by atoms with van der Waals surface area (Å²) in [5.74, 6) is -0.768. The lowest BCUT2D eigenvalue weighted by Crippen LogP contribution is -2.53. The lowest BCUT2D eigenvalue weighted by Gasteiger charge is -2.33. The number of rotatable bonds is 10. The highest BCUT2D eigenvalue weighted by atomic mass is 35.5. The Labute approximate surface area is 234 Å². The van der Waals surface area contributed by atoms with E-state index in [1.807, 2.05) is 6.92 Å². The predicted molar refractivity (Wildman–Crippen MR) is 150 cm³/mol. The van der Waals surface area contributed by atoms with Crippen molar-refractivity contribution >= 4 is 62.3 Å². The van der Waals surface area contributed by atoms with Crippen molar-refractivity contribution in [2.75, 3.05) is 17.1 Å². The number of nitrogens with one attached hydrogen (secondary N) is 1. The lowest BCUT2D eigenvalue weighted by molar-refractivity contribution is -0.140. The Kier molecular flexibility index (Phi) is 10.1. The maximum absolute atomic E-state index is 13.8. The third kappa shape index (κ3) is 7.76. The summed E-state index contributed by atoms with van der Waals surface area (Å²) in [5.41, 5.74) is 1.62. The fourth-order valence-electron chi connectivity index (χ4n) is 4.62. The van der Waals surface area contributed by atoms with Crippen molar-refractivity contribution in [2.24, 2.45) is 0 Å². The van der Waals surface area contributed by atoms with Gasteiger partial charge in [0.05, 0.1) is 22.0 Å². The van der Waals surface area contributed by atoms with Gasteiger partial charge < -0.3 is 10.2 Å². The van der Waals surface area contributed by atoms with Crippen molar-refractivity contribution < 1.29 is 18.0 Å². The van der Waals surface area contributed by atoms with Crippen LogP contribution < -0.4 is 9.62 Å². The molecule has 2 aromatic carbocycles. The van der Waals surface area contributed by atoms with E-state index in [0.717, 1.165) is 36.2 Å². The van der Waals surface area contributed by atoms with Gasteiger partial charge in [-0.3, -0.25) is 13.9 Å². The van der Waals surface area contributed by atoms with Crippen LogP contribution >= 0.6 is 34.8 Å². The number of sulfonamides is 1. The van der Waals surface area contributed by atoms with E-state index in [1.165, 1.54) is 4.90 Å². The van der Waals surface area contributed by atoms with Crippen molar-refractivity contribution in [1.82, 2.24) is 10.2 Å². The van der Waals surface area contributed by atoms with E-state index in [4.69, 9.17) is 34.8 Å². The van der Waals surface area contributed by atoms with Gasteiger partial charge in [0.15, 0.2) is 0 Å². The van der Waals surface area contributed by atoms with Gasteiger partial charge in [0.1, 0.15) is 12.6 Å². The van der Waals surface area contributed by atoms with Gasteiger partial charge in [0, 0.05) is 17.6 Å². The van der Waals surface area contributed by atoms with Crippen molar-refractivity contribution in [2.45, 2.75) is 64.6 Å². The summed E-state index contributed by atoms with van der Waals surface area (Å²) in [5, 5.41) is 4.23. The Hall–Kier alpha value is -2.00. The molecule has 11 heteroatoms. The van der Waals surface area contributed by atoms with Crippen LogP contribution in [0.4, 0.5) is 5.69 Å². The Bertz CT molecular complexity index is 1250. The molecule has 0 bridgehead atoms. The minimum Gasteiger partial charge on any atom is -0.352 e. The average molecular weight is 589 g/mol. The van der Waals surface area contributed by atoms with Gasteiger partial charge in [-0.1, -0.05) is 60.6 Å². The van der Waals surface area contributed by atoms with Crippen LogP contribution in [0.2, 0.25) is 15.1 Å². The van der Waals surface area contributed by atoms with Crippen LogP contribution in [0.1, 0.15) is 50.2 Å². The first kappa shape index (κ1) is 29.6. The SMILES string of the molecule is CC[C@@H](C(=O)NC1CCCC1)N(Cc1ccc(Cl)c(Cl)c1)C(=O)CN(c1ccc(Cl)cc1C)S(C)(=O)=O. The molecule has 1 aliphatic carbocycles. The summed E-state index contributed by atoms with van der Waals surface area (Å²) < 4.78 is 26.6. The first-order valence-corrected chi connectivity index (χ1v) is 15.2. The molecule has 202 valence electrons. The molecular weight excluding hydrogens is 557 g/mol. The van der Waals surface area contributed by atoms with E-state index >= 15 is 0 Å². The van der Waals surface area contributed by atoms with E-state index in [1.54, 1.807) is 43.3 Å². The van der Waals surface area contributed by atoms with E-state index in [0.29, 0.717) is 38.3 Å². The molecule has 0 unspecified atom stereocenters. The molecule has 37 heavy (non-hydrogen) atoms. The van der Waals surface area contributed by atoms with Crippen LogP contribution in [0.15, 0.2) is 36.4 Å². The van der Waals surface area contributed by atoms with Crippen molar-refractivity contribution in [3.63, 3.8) is 0 Å². The molecule has 0 heterocycles. The van der Waals surface area contributed by atoms with Crippen LogP contribution in [0, 0.1) is 6.92 Å². The molecule has 7 nitrogen and oxygen atoms in total. The molecule has 2 amide bonds. The minimum absolute atomic E-state index is 0.0590. The third-order valence-electron chi connectivity index (χ3n) is 6.53. The van der Waals surface area contributed by atoms with Crippen molar-refractivity contribution in [1.29, 1.82) is 0 Å². The summed E-state index contributed by atoms with van der Waals surface area (Å²) in [6.45, 7) is 3.13. The second-order valence-corrected chi connectivity index (χ2v) is 12.5. The van der Waals surface area contributed by atoms with E-state index in [-0.39, 0.29) is 18.5 Å². The highest BCUT2D eigenvalue weighted by Crippen LogP contribution is 2.27. The molecule has 2 aromatic rings. The number of halogens is 3. The maximum atomic E-state index is 13.8. The van der Waals surface area contributed by atoms with Crippen molar-refractivity contribution in [3.8, 4) is 0 Å². The van der Waals surface area contributed by atoms with Gasteiger partial charge in [0.2, 0.25) is 21.8 Å². The second kappa shape index (κ2) is 12.7. The van der Waals surface area contributed by atoms with Gasteiger partial charge in [-0.15, -0.1) is 0 Å². The number of aryl methyl sites for hydroxylation is 1. The van der Waals surface area contributed by atoms with Crippen molar-refractivity contribution in [3.05, 3.63) is 62.6 Å². The first-order chi connectivity index (χ1) is 17.4. The number of benzene rings is 2. The summed E-state index contributed by atoms with van der Waals surface area (Å²) in [4.78, 5) is 28.6. The third-order valence-corrected chi connectivity index (χ3v) is 8.63. The second-order valence-electron chi connectivity index (χ2n) is 9.38. The van der Waals surface area contributed by atoms with Gasteiger partial charge in [-0.05, 0) is 67.6 Å². The normalized spacial score (nSPS) is 14.9. The summed E-state index contributed by atoms with van der Waals surface area (Å²) >= 11 is 18.3. The largest absolute Gasteiger partial charge is 0.352 e. The fourth-order valence-corrected chi connectivity index (χ4v) is 6.07. The average Bonchev–Trinajstić information content (AvgIpc) is 3.32. The molecule has 3 rings (SSSR count). The molecule has 1 saturated carbocycles. The fraction of sp³-hybridized carbons (Fsp3) is 0.462. The predicted octanol–water partition coefficient (Wildman–Crippen LogP) is 5.59. The molecule has 0 radical (unpaired) electrons. The zero-order valence-corrected chi connectivity index (χ0v) is 24.2. The number of hydrogen-bond donors (Lipinski definition) is 1. The molecule has 0 saturated heterocycles. The minimum atomic E-state index is -3.83. The maximum Gasteiger partial charge on any atom is 0.244 e. The molecule has 1 atom stereocenters. The smallest absolute Gasteiger partial charge is 0.244 e. The lowest BCUT2D eigenvalue weighted by atomic mass is 10.1. The number of carbonyl (C=O) groups excluding carboxylic acids is 2. The Balaban J connectivity index is 1.96. The topological polar surface area (TPSA) is 86.8 Å². The quantitative estimate of drug-likeness (QED) is 0.392. The monoisotopic (exact) mass is 587 g/mol. The Morgan fingerprint density at radius 1 is 1.05 bits per heavy atom. The van der Waals surface area contributed by atoms with Gasteiger partial charge in [0.25, 0.3) is 0 Å². The molecule has 1 fully saturated rings. The van der Waals surface area contributed by atoms with Gasteiger partial charge in [-0.25, -0.2) is 8.42 Å². The highest BCUT2D eigenvalue weighted by molar-refractivity contribution is 7.92. The molecule has 1 aliphatic rings. The van der Waals surface area contributed by atoms with Crippen LogP contribution in [0.25, 0.3) is 0 Å². The molecule has 1 N–H and O–H groups in total. The van der Waals surface area contributed by atoms with Gasteiger partial charge in [-0.2, -0.15) is 0 Å². The number of carbonyl (C=O) groups is 2.